The third-order valence-electron chi connectivity index (χ3n) is 5.27. The lowest BCUT2D eigenvalue weighted by Gasteiger charge is -2.33. The van der Waals surface area contributed by atoms with Gasteiger partial charge in [-0.05, 0) is 31.2 Å². The maximum absolute atomic E-state index is 5.94. The van der Waals surface area contributed by atoms with Crippen molar-refractivity contribution in [3.05, 3.63) is 41.9 Å². The summed E-state index contributed by atoms with van der Waals surface area (Å²) in [5, 5.41) is 6.78. The Balaban J connectivity index is 1.42. The molecule has 2 aliphatic heterocycles. The Morgan fingerprint density at radius 3 is 2.60 bits per heavy atom. The van der Waals surface area contributed by atoms with E-state index in [1.165, 1.54) is 0 Å². The molecule has 1 aromatic heterocycles. The van der Waals surface area contributed by atoms with Gasteiger partial charge in [0, 0.05) is 44.9 Å². The SMILES string of the molecule is CN=C(NCC(c1ccc(C)o1)N1CCOCC1)Nc1ccc2c(c1)OCCCO2. The molecule has 30 heavy (non-hydrogen) atoms. The summed E-state index contributed by atoms with van der Waals surface area (Å²) in [5.74, 6) is 4.09. The molecule has 1 saturated heterocycles. The summed E-state index contributed by atoms with van der Waals surface area (Å²) in [6.45, 7) is 7.20. The second kappa shape index (κ2) is 9.86. The number of ether oxygens (including phenoxy) is 3. The number of furan rings is 1. The van der Waals surface area contributed by atoms with Crippen molar-refractivity contribution in [1.82, 2.24) is 10.2 Å². The van der Waals surface area contributed by atoms with Crippen molar-refractivity contribution in [2.75, 3.05) is 58.4 Å². The zero-order valence-corrected chi connectivity index (χ0v) is 17.6. The van der Waals surface area contributed by atoms with Crippen LogP contribution in [0.25, 0.3) is 0 Å². The van der Waals surface area contributed by atoms with E-state index in [1.54, 1.807) is 7.05 Å². The van der Waals surface area contributed by atoms with Gasteiger partial charge in [0.1, 0.15) is 11.5 Å². The maximum Gasteiger partial charge on any atom is 0.195 e. The number of rotatable bonds is 5. The van der Waals surface area contributed by atoms with Crippen LogP contribution in [0, 0.1) is 6.92 Å². The Labute approximate surface area is 177 Å². The second-order valence-electron chi connectivity index (χ2n) is 7.40. The van der Waals surface area contributed by atoms with Gasteiger partial charge < -0.3 is 29.3 Å². The molecule has 0 spiro atoms. The Bertz CT molecular complexity index is 861. The molecule has 3 heterocycles. The van der Waals surface area contributed by atoms with Crippen molar-refractivity contribution < 1.29 is 18.6 Å². The van der Waals surface area contributed by atoms with Crippen molar-refractivity contribution in [1.29, 1.82) is 0 Å². The highest BCUT2D eigenvalue weighted by molar-refractivity contribution is 5.93. The van der Waals surface area contributed by atoms with Gasteiger partial charge >= 0.3 is 0 Å². The molecule has 2 aliphatic rings. The molecule has 1 aromatic carbocycles. The van der Waals surface area contributed by atoms with Crippen molar-refractivity contribution in [3.63, 3.8) is 0 Å². The zero-order valence-electron chi connectivity index (χ0n) is 17.6. The van der Waals surface area contributed by atoms with E-state index in [-0.39, 0.29) is 6.04 Å². The highest BCUT2D eigenvalue weighted by Gasteiger charge is 2.25. The first-order valence-corrected chi connectivity index (χ1v) is 10.5. The Morgan fingerprint density at radius 2 is 1.87 bits per heavy atom. The summed E-state index contributed by atoms with van der Waals surface area (Å²) in [5.41, 5.74) is 0.893. The zero-order chi connectivity index (χ0) is 20.8. The number of hydrogen-bond acceptors (Lipinski definition) is 6. The number of guanidine groups is 1. The van der Waals surface area contributed by atoms with Gasteiger partial charge in [-0.15, -0.1) is 0 Å². The molecule has 4 rings (SSSR count). The third kappa shape index (κ3) is 5.06. The number of nitrogens with zero attached hydrogens (tertiary/aromatic N) is 2. The van der Waals surface area contributed by atoms with E-state index in [2.05, 4.69) is 26.6 Å². The molecule has 162 valence electrons. The molecule has 1 fully saturated rings. The fourth-order valence-electron chi connectivity index (χ4n) is 3.68. The van der Waals surface area contributed by atoms with Crippen LogP contribution in [-0.4, -0.2) is 64.0 Å². The Kier molecular flexibility index (Phi) is 6.76. The fraction of sp³-hybridized carbons (Fsp3) is 0.500. The first-order valence-electron chi connectivity index (χ1n) is 10.5. The number of benzene rings is 1. The normalized spacial score (nSPS) is 18.5. The van der Waals surface area contributed by atoms with Crippen LogP contribution < -0.4 is 20.1 Å². The van der Waals surface area contributed by atoms with E-state index >= 15 is 0 Å². The molecule has 1 unspecified atom stereocenters. The van der Waals surface area contributed by atoms with Crippen molar-refractivity contribution in [2.24, 2.45) is 4.99 Å². The average molecular weight is 415 g/mol. The molecule has 0 radical (unpaired) electrons. The van der Waals surface area contributed by atoms with E-state index in [4.69, 9.17) is 18.6 Å². The summed E-state index contributed by atoms with van der Waals surface area (Å²) >= 11 is 0. The number of fused-ring (bicyclic) bond motifs is 1. The van der Waals surface area contributed by atoms with Crippen molar-refractivity contribution in [3.8, 4) is 11.5 Å². The smallest absolute Gasteiger partial charge is 0.195 e. The summed E-state index contributed by atoms with van der Waals surface area (Å²) in [4.78, 5) is 6.76. The molecular weight excluding hydrogens is 384 g/mol. The van der Waals surface area contributed by atoms with Gasteiger partial charge in [0.05, 0.1) is 32.5 Å². The monoisotopic (exact) mass is 414 g/mol. The number of hydrogen-bond donors (Lipinski definition) is 2. The first kappa shape index (κ1) is 20.6. The minimum Gasteiger partial charge on any atom is -0.490 e. The van der Waals surface area contributed by atoms with Crippen LogP contribution in [0.3, 0.4) is 0 Å². The van der Waals surface area contributed by atoms with Crippen molar-refractivity contribution >= 4 is 11.6 Å². The third-order valence-corrected chi connectivity index (χ3v) is 5.27. The molecule has 1 atom stereocenters. The Hall–Kier alpha value is -2.71. The Morgan fingerprint density at radius 1 is 1.07 bits per heavy atom. The number of aryl methyl sites for hydroxylation is 1. The molecule has 8 heteroatoms. The molecule has 0 amide bonds. The van der Waals surface area contributed by atoms with E-state index in [9.17, 15) is 0 Å². The summed E-state index contributed by atoms with van der Waals surface area (Å²) in [6.07, 6.45) is 0.885. The minimum absolute atomic E-state index is 0.102. The van der Waals surface area contributed by atoms with Crippen molar-refractivity contribution in [2.45, 2.75) is 19.4 Å². The van der Waals surface area contributed by atoms with Gasteiger partial charge in [-0.3, -0.25) is 9.89 Å². The average Bonchev–Trinajstić information content (AvgIpc) is 3.06. The summed E-state index contributed by atoms with van der Waals surface area (Å²) < 4.78 is 23.0. The van der Waals surface area contributed by atoms with Gasteiger partial charge in [0.2, 0.25) is 0 Å². The standard InChI is InChI=1S/C22H30N4O4/c1-16-4-6-19(30-16)18(26-8-12-27-13-9-26)15-24-22(23-2)25-17-5-7-20-21(14-17)29-11-3-10-28-20/h4-7,14,18H,3,8-13,15H2,1-2H3,(H2,23,24,25). The van der Waals surface area contributed by atoms with Gasteiger partial charge in [-0.25, -0.2) is 0 Å². The van der Waals surface area contributed by atoms with Crippen LogP contribution in [0.2, 0.25) is 0 Å². The largest absolute Gasteiger partial charge is 0.490 e. The molecule has 8 nitrogen and oxygen atoms in total. The quantitative estimate of drug-likeness (QED) is 0.575. The van der Waals surface area contributed by atoms with Crippen LogP contribution in [0.1, 0.15) is 24.0 Å². The number of aliphatic imine (C=N–C) groups is 1. The summed E-state index contributed by atoms with van der Waals surface area (Å²) in [7, 11) is 1.76. The topological polar surface area (TPSA) is 80.5 Å². The fourth-order valence-corrected chi connectivity index (χ4v) is 3.68. The van der Waals surface area contributed by atoms with E-state index < -0.39 is 0 Å². The van der Waals surface area contributed by atoms with Crippen LogP contribution in [0.5, 0.6) is 11.5 Å². The van der Waals surface area contributed by atoms with E-state index in [0.717, 1.165) is 61.4 Å². The molecular formula is C22H30N4O4. The predicted octanol–water partition coefficient (Wildman–Crippen LogP) is 2.81. The van der Waals surface area contributed by atoms with Crippen LogP contribution in [0.15, 0.2) is 39.7 Å². The van der Waals surface area contributed by atoms with Gasteiger partial charge in [0.15, 0.2) is 17.5 Å². The highest BCUT2D eigenvalue weighted by Crippen LogP contribution is 2.32. The number of anilines is 1. The minimum atomic E-state index is 0.102. The lowest BCUT2D eigenvalue weighted by molar-refractivity contribution is 0.0125. The van der Waals surface area contributed by atoms with Gasteiger partial charge in [-0.2, -0.15) is 0 Å². The van der Waals surface area contributed by atoms with Crippen LogP contribution in [0.4, 0.5) is 5.69 Å². The van der Waals surface area contributed by atoms with Crippen LogP contribution >= 0.6 is 0 Å². The van der Waals surface area contributed by atoms with Crippen LogP contribution in [-0.2, 0) is 4.74 Å². The summed E-state index contributed by atoms with van der Waals surface area (Å²) in [6, 6.07) is 10.0. The maximum atomic E-state index is 5.94. The highest BCUT2D eigenvalue weighted by atomic mass is 16.5. The molecule has 0 saturated carbocycles. The van der Waals surface area contributed by atoms with Gasteiger partial charge in [0.25, 0.3) is 0 Å². The predicted molar refractivity (Wildman–Crippen MR) is 116 cm³/mol. The van der Waals surface area contributed by atoms with Gasteiger partial charge in [-0.1, -0.05) is 0 Å². The lowest BCUT2D eigenvalue weighted by atomic mass is 10.1. The van der Waals surface area contributed by atoms with E-state index in [0.29, 0.717) is 25.7 Å². The molecule has 0 aliphatic carbocycles. The number of morpholine rings is 1. The molecule has 2 N–H and O–H groups in total. The molecule has 2 aromatic rings. The van der Waals surface area contributed by atoms with E-state index in [1.807, 2.05) is 31.2 Å². The lowest BCUT2D eigenvalue weighted by Crippen LogP contribution is -2.44. The number of nitrogens with one attached hydrogen (secondary N) is 2. The first-order chi connectivity index (χ1) is 14.7. The second-order valence-corrected chi connectivity index (χ2v) is 7.40. The molecule has 0 bridgehead atoms.